The number of amides is 1. The molecule has 0 spiro atoms. The van der Waals surface area contributed by atoms with Gasteiger partial charge in [-0.2, -0.15) is 0 Å². The quantitative estimate of drug-likeness (QED) is 0.742. The molecule has 5 heteroatoms. The van der Waals surface area contributed by atoms with Gasteiger partial charge in [-0.15, -0.1) is 0 Å². The molecule has 2 aromatic rings. The second kappa shape index (κ2) is 8.58. The van der Waals surface area contributed by atoms with E-state index >= 15 is 0 Å². The van der Waals surface area contributed by atoms with E-state index in [1.54, 1.807) is 0 Å². The number of ether oxygens (including phenoxy) is 1. The summed E-state index contributed by atoms with van der Waals surface area (Å²) in [5.41, 5.74) is 2.91. The molecule has 0 aliphatic carbocycles. The predicted molar refractivity (Wildman–Crippen MR) is 98.2 cm³/mol. The molecule has 0 bridgehead atoms. The molecule has 2 aromatic carbocycles. The van der Waals surface area contributed by atoms with Crippen molar-refractivity contribution in [1.29, 1.82) is 0 Å². The third-order valence-electron chi connectivity index (χ3n) is 3.30. The van der Waals surface area contributed by atoms with E-state index in [2.05, 4.69) is 26.6 Å². The number of benzene rings is 2. The minimum Gasteiger partial charge on any atom is -0.494 e. The van der Waals surface area contributed by atoms with Gasteiger partial charge in [0.05, 0.1) is 6.61 Å². The van der Waals surface area contributed by atoms with Gasteiger partial charge in [0, 0.05) is 28.8 Å². The number of nitrogens with one attached hydrogen (secondary N) is 2. The highest BCUT2D eigenvalue weighted by atomic mass is 79.9. The van der Waals surface area contributed by atoms with Crippen LogP contribution in [-0.4, -0.2) is 19.1 Å². The molecule has 0 saturated heterocycles. The van der Waals surface area contributed by atoms with E-state index in [9.17, 15) is 4.79 Å². The fourth-order valence-electron chi connectivity index (χ4n) is 2.05. The van der Waals surface area contributed by atoms with Crippen molar-refractivity contribution in [3.63, 3.8) is 0 Å². The maximum atomic E-state index is 12.0. The molecule has 0 saturated carbocycles. The molecule has 122 valence electrons. The van der Waals surface area contributed by atoms with Gasteiger partial charge in [-0.25, -0.2) is 0 Å². The van der Waals surface area contributed by atoms with Crippen molar-refractivity contribution in [3.8, 4) is 5.75 Å². The van der Waals surface area contributed by atoms with Crippen molar-refractivity contribution < 1.29 is 9.53 Å². The number of carbonyl (C=O) groups is 1. The lowest BCUT2D eigenvalue weighted by molar-refractivity contribution is -0.115. The Morgan fingerprint density at radius 1 is 1.13 bits per heavy atom. The molecule has 4 nitrogen and oxygen atoms in total. The summed E-state index contributed by atoms with van der Waals surface area (Å²) in [6.07, 6.45) is 0.401. The Bertz CT molecular complexity index is 657. The number of halogens is 1. The molecule has 2 rings (SSSR count). The Labute approximate surface area is 145 Å². The monoisotopic (exact) mass is 376 g/mol. The van der Waals surface area contributed by atoms with E-state index in [1.165, 1.54) is 0 Å². The van der Waals surface area contributed by atoms with Gasteiger partial charge in [-0.3, -0.25) is 4.79 Å². The van der Waals surface area contributed by atoms with Crippen molar-refractivity contribution in [2.45, 2.75) is 20.3 Å². The highest BCUT2D eigenvalue weighted by molar-refractivity contribution is 9.10. The normalized spacial score (nSPS) is 10.2. The molecule has 2 N–H and O–H groups in total. The summed E-state index contributed by atoms with van der Waals surface area (Å²) in [4.78, 5) is 12.0. The highest BCUT2D eigenvalue weighted by Gasteiger charge is 2.04. The van der Waals surface area contributed by atoms with Crippen LogP contribution in [0.2, 0.25) is 0 Å². The lowest BCUT2D eigenvalue weighted by atomic mass is 10.2. The van der Waals surface area contributed by atoms with Crippen LogP contribution >= 0.6 is 15.9 Å². The van der Waals surface area contributed by atoms with Gasteiger partial charge in [0.25, 0.3) is 0 Å². The Hall–Kier alpha value is -2.01. The van der Waals surface area contributed by atoms with E-state index in [4.69, 9.17) is 4.74 Å². The van der Waals surface area contributed by atoms with Crippen LogP contribution in [0.5, 0.6) is 5.75 Å². The summed E-state index contributed by atoms with van der Waals surface area (Å²) < 4.78 is 6.38. The van der Waals surface area contributed by atoms with Crippen LogP contribution in [0.25, 0.3) is 0 Å². The van der Waals surface area contributed by atoms with Crippen LogP contribution in [0.3, 0.4) is 0 Å². The number of carbonyl (C=O) groups excluding carboxylic acids is 1. The molecule has 0 aliphatic rings. The lowest BCUT2D eigenvalue weighted by Crippen LogP contribution is -2.16. The number of aryl methyl sites for hydroxylation is 1. The fraction of sp³-hybridized carbons (Fsp3) is 0.278. The third kappa shape index (κ3) is 5.60. The molecule has 0 aromatic heterocycles. The first-order chi connectivity index (χ1) is 11.1. The summed E-state index contributed by atoms with van der Waals surface area (Å²) in [7, 11) is 0. The Kier molecular flexibility index (Phi) is 6.47. The van der Waals surface area contributed by atoms with Crippen LogP contribution in [0.1, 0.15) is 18.9 Å². The SMILES string of the molecule is CCOc1ccc(NCCC(=O)Nc2ccc(C)c(Br)c2)cc1. The maximum Gasteiger partial charge on any atom is 0.226 e. The predicted octanol–water partition coefficient (Wildman–Crippen LogP) is 4.60. The molecule has 1 amide bonds. The van der Waals surface area contributed by atoms with Gasteiger partial charge in [-0.05, 0) is 55.8 Å². The summed E-state index contributed by atoms with van der Waals surface area (Å²) in [6.45, 7) is 5.20. The summed E-state index contributed by atoms with van der Waals surface area (Å²) in [5.74, 6) is 0.833. The van der Waals surface area contributed by atoms with Gasteiger partial charge >= 0.3 is 0 Å². The van der Waals surface area contributed by atoms with Crippen molar-refractivity contribution in [3.05, 3.63) is 52.5 Å². The van der Waals surface area contributed by atoms with Gasteiger partial charge < -0.3 is 15.4 Å². The first-order valence-electron chi connectivity index (χ1n) is 7.61. The molecule has 0 unspecified atom stereocenters. The highest BCUT2D eigenvalue weighted by Crippen LogP contribution is 2.20. The van der Waals surface area contributed by atoms with E-state index in [1.807, 2.05) is 56.3 Å². The first-order valence-corrected chi connectivity index (χ1v) is 8.40. The fourth-order valence-corrected chi connectivity index (χ4v) is 2.43. The van der Waals surface area contributed by atoms with Crippen molar-refractivity contribution in [2.75, 3.05) is 23.8 Å². The van der Waals surface area contributed by atoms with Crippen LogP contribution in [0.4, 0.5) is 11.4 Å². The molecule has 0 aliphatic heterocycles. The summed E-state index contributed by atoms with van der Waals surface area (Å²) in [5, 5.41) is 6.12. The van der Waals surface area contributed by atoms with Gasteiger partial charge in [0.15, 0.2) is 0 Å². The molecule has 0 heterocycles. The Morgan fingerprint density at radius 2 is 1.83 bits per heavy atom. The Morgan fingerprint density at radius 3 is 2.48 bits per heavy atom. The lowest BCUT2D eigenvalue weighted by Gasteiger charge is -2.09. The minimum absolute atomic E-state index is 0.0146. The van der Waals surface area contributed by atoms with E-state index in [0.29, 0.717) is 19.6 Å². The minimum atomic E-state index is -0.0146. The van der Waals surface area contributed by atoms with Crippen molar-refractivity contribution in [2.24, 2.45) is 0 Å². The average Bonchev–Trinajstić information content (AvgIpc) is 2.53. The molecule has 23 heavy (non-hydrogen) atoms. The van der Waals surface area contributed by atoms with E-state index in [0.717, 1.165) is 27.2 Å². The zero-order valence-corrected chi connectivity index (χ0v) is 14.9. The zero-order valence-electron chi connectivity index (χ0n) is 13.4. The smallest absolute Gasteiger partial charge is 0.226 e. The zero-order chi connectivity index (χ0) is 16.7. The van der Waals surface area contributed by atoms with E-state index < -0.39 is 0 Å². The topological polar surface area (TPSA) is 50.4 Å². The molecule has 0 atom stereocenters. The van der Waals surface area contributed by atoms with Gasteiger partial charge in [0.1, 0.15) is 5.75 Å². The van der Waals surface area contributed by atoms with Crippen molar-refractivity contribution >= 4 is 33.2 Å². The van der Waals surface area contributed by atoms with Gasteiger partial charge in [0.2, 0.25) is 5.91 Å². The average molecular weight is 377 g/mol. The molecule has 0 fully saturated rings. The Balaban J connectivity index is 1.76. The first kappa shape index (κ1) is 17.3. The number of hydrogen-bond acceptors (Lipinski definition) is 3. The number of hydrogen-bond donors (Lipinski definition) is 2. The summed E-state index contributed by atoms with van der Waals surface area (Å²) in [6, 6.07) is 13.5. The second-order valence-corrected chi connectivity index (χ2v) is 6.00. The molecular weight excluding hydrogens is 356 g/mol. The standard InChI is InChI=1S/C18H21BrN2O2/c1-3-23-16-8-6-14(7-9-16)20-11-10-18(22)21-15-5-4-13(2)17(19)12-15/h4-9,12,20H,3,10-11H2,1-2H3,(H,21,22). The van der Waals surface area contributed by atoms with Crippen LogP contribution in [-0.2, 0) is 4.79 Å². The second-order valence-electron chi connectivity index (χ2n) is 5.15. The largest absolute Gasteiger partial charge is 0.494 e. The maximum absolute atomic E-state index is 12.0. The van der Waals surface area contributed by atoms with Crippen LogP contribution in [0.15, 0.2) is 46.9 Å². The van der Waals surface area contributed by atoms with Crippen LogP contribution < -0.4 is 15.4 Å². The number of anilines is 2. The number of rotatable bonds is 7. The molecular formula is C18H21BrN2O2. The molecule has 0 radical (unpaired) electrons. The van der Waals surface area contributed by atoms with Crippen molar-refractivity contribution in [1.82, 2.24) is 0 Å². The van der Waals surface area contributed by atoms with Gasteiger partial charge in [-0.1, -0.05) is 22.0 Å². The van der Waals surface area contributed by atoms with Crippen LogP contribution in [0, 0.1) is 6.92 Å². The van der Waals surface area contributed by atoms with E-state index in [-0.39, 0.29) is 5.91 Å². The summed E-state index contributed by atoms with van der Waals surface area (Å²) >= 11 is 3.46. The third-order valence-corrected chi connectivity index (χ3v) is 4.16.